The predicted molar refractivity (Wildman–Crippen MR) is 480 cm³/mol. The summed E-state index contributed by atoms with van der Waals surface area (Å²) in [6.45, 7) is 24.7. The van der Waals surface area contributed by atoms with Crippen molar-refractivity contribution < 1.29 is 56.9 Å². The van der Waals surface area contributed by atoms with Crippen molar-refractivity contribution >= 4 is 76.2 Å². The fourth-order valence-electron chi connectivity index (χ4n) is 14.5. The number of nitrogens with zero attached hydrogens (tertiary/aromatic N) is 8. The topological polar surface area (TPSA) is 244 Å². The molecule has 0 radical (unpaired) electrons. The van der Waals surface area contributed by atoms with Crippen LogP contribution in [0.5, 0.6) is 23.0 Å². The molecule has 7 aromatic carbocycles. The third-order valence-corrected chi connectivity index (χ3v) is 21.7. The van der Waals surface area contributed by atoms with Gasteiger partial charge in [0.15, 0.2) is 0 Å². The zero-order valence-electron chi connectivity index (χ0n) is 68.5. The van der Waals surface area contributed by atoms with Crippen molar-refractivity contribution in [1.82, 2.24) is 39.2 Å². The van der Waals surface area contributed by atoms with Crippen LogP contribution in [0.2, 0.25) is 5.02 Å². The van der Waals surface area contributed by atoms with Crippen LogP contribution in [0.15, 0.2) is 187 Å². The number of likely N-dealkylation sites (tertiary alicyclic amines) is 4. The second-order valence-electron chi connectivity index (χ2n) is 29.4. The number of rotatable bonds is 22. The van der Waals surface area contributed by atoms with Crippen molar-refractivity contribution in [3.8, 4) is 23.0 Å². The van der Waals surface area contributed by atoms with Gasteiger partial charge in [-0.15, -0.1) is 0 Å². The van der Waals surface area contributed by atoms with E-state index in [2.05, 4.69) is 33.1 Å². The molecular formula is C94H131ClN12O12. The minimum Gasteiger partial charge on any atom is -0.497 e. The van der Waals surface area contributed by atoms with Gasteiger partial charge in [0.2, 0.25) is 17.7 Å². The van der Waals surface area contributed by atoms with Crippen LogP contribution in [0.1, 0.15) is 155 Å². The number of urea groups is 4. The molecule has 4 saturated heterocycles. The van der Waals surface area contributed by atoms with Crippen molar-refractivity contribution in [1.29, 1.82) is 0 Å². The molecule has 0 spiro atoms. The van der Waals surface area contributed by atoms with Gasteiger partial charge >= 0.3 is 24.1 Å². The zero-order chi connectivity index (χ0) is 82.3. The molecule has 4 aliphatic rings. The highest BCUT2D eigenvalue weighted by Crippen LogP contribution is 2.29. The number of amides is 11. The van der Waals surface area contributed by atoms with Gasteiger partial charge in [-0.05, 0) is 229 Å². The SMILES string of the molecule is C.C.C.C.CCOc1ccc(NC(=O)N(Cc2ccco2)C2CCN(CC)CC2)cc1.COc1ccc(CN(C(=O)Nc2cc(C)ccc2C)C2CCN(C(C)=O)CC2)cc1.COc1ccc(CN(C(=O)Nc2ccc(C)cc2)C2CCN(C(C)=O)CC2)cc1.COc1ccc(CN(C(=O)Nc2ccc(Cl)cc2)C2CCN(C(C)=O)CC2)cc1. The Hall–Kier alpha value is -11.2. The summed E-state index contributed by atoms with van der Waals surface area (Å²) in [5, 5.41) is 12.7. The van der Waals surface area contributed by atoms with Crippen molar-refractivity contribution in [3.63, 3.8) is 0 Å². The van der Waals surface area contributed by atoms with Crippen LogP contribution in [-0.2, 0) is 40.6 Å². The lowest BCUT2D eigenvalue weighted by Crippen LogP contribution is -2.49. The number of hydrogen-bond acceptors (Lipinski definition) is 13. The van der Waals surface area contributed by atoms with Gasteiger partial charge in [0.1, 0.15) is 28.8 Å². The molecule has 0 atom stereocenters. The van der Waals surface area contributed by atoms with E-state index in [1.165, 1.54) is 0 Å². The first kappa shape index (κ1) is 98.3. The summed E-state index contributed by atoms with van der Waals surface area (Å²) in [6.07, 6.45) is 8.21. The average Bonchev–Trinajstić information content (AvgIpc) is 1.28. The Bertz CT molecular complexity index is 4210. The molecule has 0 aliphatic carbocycles. The largest absolute Gasteiger partial charge is 0.497 e. The number of carbonyl (C=O) groups is 7. The molecule has 0 unspecified atom stereocenters. The standard InChI is InChI=1S/C24H31N3O3.C23H29N3O3.C22H26ClN3O3.C21H29N3O3.4CH4/c1-17-5-6-18(2)23(15-17)25-24(29)27(16-20-7-9-22(30-4)10-8-20)21-11-13-26(14-12-21)19(3)28;1-17-4-8-20(9-5-17)24-23(28)26(16-19-6-10-22(29-3)11-7-19)21-12-14-25(15-13-21)18(2)27;1-16(27)25-13-11-20(12-14-25)26(15-17-3-9-21(29-2)10-4-17)22(28)24-19-7-5-18(23)6-8-19;1-3-23-13-11-18(12-14-23)24(16-20-6-5-15-27-20)21(25)22-17-7-9-19(10-8-17)26-4-2;;;;/h5-10,15,21H,11-14,16H2,1-4H3,(H,25,29);4-11,21H,12-16H2,1-3H3,(H,24,28);3-10,20H,11-15H2,1-2H3,(H,24,28);5-10,15,18H,3-4,11-14,16H2,1-2H3,(H,22,25);4*1H4. The van der Waals surface area contributed by atoms with Crippen LogP contribution >= 0.6 is 11.6 Å². The quantitative estimate of drug-likeness (QED) is 0.0494. The second-order valence-corrected chi connectivity index (χ2v) is 29.8. The number of nitrogens with one attached hydrogen (secondary N) is 4. The number of aryl methyl sites for hydroxylation is 3. The minimum atomic E-state index is -0.163. The summed E-state index contributed by atoms with van der Waals surface area (Å²) in [5.74, 6) is 4.23. The van der Waals surface area contributed by atoms with Gasteiger partial charge < -0.3 is 83.8 Å². The molecule has 24 nitrogen and oxygen atoms in total. The van der Waals surface area contributed by atoms with Crippen molar-refractivity contribution in [3.05, 3.63) is 226 Å². The number of piperidine rings is 4. The van der Waals surface area contributed by atoms with E-state index in [0.29, 0.717) is 82.8 Å². The van der Waals surface area contributed by atoms with Crippen LogP contribution in [0.25, 0.3) is 0 Å². The molecule has 11 amide bonds. The maximum Gasteiger partial charge on any atom is 0.322 e. The van der Waals surface area contributed by atoms with Gasteiger partial charge in [0, 0.05) is 145 Å². The molecular weight excluding hydrogens is 1520 g/mol. The van der Waals surface area contributed by atoms with Crippen molar-refractivity contribution in [2.24, 2.45) is 0 Å². The Morgan fingerprint density at radius 3 is 1.05 bits per heavy atom. The Kier molecular flexibility index (Phi) is 41.2. The number of ether oxygens (including phenoxy) is 4. The van der Waals surface area contributed by atoms with Gasteiger partial charge in [0.05, 0.1) is 40.7 Å². The number of anilines is 4. The average molecular weight is 1660 g/mol. The number of hydrogen-bond donors (Lipinski definition) is 4. The highest BCUT2D eigenvalue weighted by Gasteiger charge is 2.34. The van der Waals surface area contributed by atoms with Gasteiger partial charge in [0.25, 0.3) is 0 Å². The van der Waals surface area contributed by atoms with E-state index in [9.17, 15) is 33.6 Å². The normalized spacial score (nSPS) is 14.1. The fourth-order valence-corrected chi connectivity index (χ4v) is 14.6. The summed E-state index contributed by atoms with van der Waals surface area (Å²) < 4.78 is 26.6. The van der Waals surface area contributed by atoms with Crippen LogP contribution < -0.4 is 40.2 Å². The van der Waals surface area contributed by atoms with E-state index in [0.717, 1.165) is 150 Å². The number of benzene rings is 7. The highest BCUT2D eigenvalue weighted by atomic mass is 35.5. The van der Waals surface area contributed by atoms with Crippen LogP contribution in [0.3, 0.4) is 0 Å². The van der Waals surface area contributed by atoms with E-state index >= 15 is 0 Å². The monoisotopic (exact) mass is 1650 g/mol. The summed E-state index contributed by atoms with van der Waals surface area (Å²) in [5.41, 5.74) is 9.46. The fraction of sp³-hybridized carbons (Fsp3) is 0.436. The zero-order valence-corrected chi connectivity index (χ0v) is 69.3. The Balaban J connectivity index is 0.000000280. The van der Waals surface area contributed by atoms with E-state index in [4.69, 9.17) is 35.0 Å². The third kappa shape index (κ3) is 30.6. The number of carbonyl (C=O) groups excluding carboxylic acids is 7. The van der Waals surface area contributed by atoms with Gasteiger partial charge in [-0.1, -0.05) is 114 Å². The highest BCUT2D eigenvalue weighted by molar-refractivity contribution is 6.30. The van der Waals surface area contributed by atoms with E-state index in [1.807, 2.05) is 214 Å². The maximum absolute atomic E-state index is 13.3. The summed E-state index contributed by atoms with van der Waals surface area (Å²) in [4.78, 5) is 103. The van der Waals surface area contributed by atoms with Gasteiger partial charge in [-0.3, -0.25) is 14.4 Å². The smallest absolute Gasteiger partial charge is 0.322 e. The Morgan fingerprint density at radius 1 is 0.403 bits per heavy atom. The summed E-state index contributed by atoms with van der Waals surface area (Å²) in [7, 11) is 4.91. The first-order valence-electron chi connectivity index (χ1n) is 39.8. The molecule has 0 bridgehead atoms. The van der Waals surface area contributed by atoms with Crippen molar-refractivity contribution in [2.75, 3.05) is 108 Å². The molecule has 1 aromatic heterocycles. The predicted octanol–water partition coefficient (Wildman–Crippen LogP) is 19.5. The first-order valence-corrected chi connectivity index (χ1v) is 40.2. The molecule has 5 heterocycles. The maximum atomic E-state index is 13.3. The number of halogens is 1. The Morgan fingerprint density at radius 2 is 0.723 bits per heavy atom. The van der Waals surface area contributed by atoms with E-state index in [-0.39, 0.29) is 95.7 Å². The number of methoxy groups -OCH3 is 3. The van der Waals surface area contributed by atoms with Gasteiger partial charge in [-0.25, -0.2) is 19.2 Å². The van der Waals surface area contributed by atoms with E-state index in [1.54, 1.807) is 72.6 Å². The molecule has 4 fully saturated rings. The van der Waals surface area contributed by atoms with Crippen LogP contribution in [0.4, 0.5) is 41.9 Å². The third-order valence-electron chi connectivity index (χ3n) is 21.4. The molecule has 25 heteroatoms. The molecule has 12 rings (SSSR count). The molecule has 8 aromatic rings. The molecule has 4 N–H and O–H groups in total. The van der Waals surface area contributed by atoms with Crippen molar-refractivity contribution in [2.45, 2.75) is 187 Å². The van der Waals surface area contributed by atoms with Gasteiger partial charge in [-0.2, -0.15) is 0 Å². The lowest BCUT2D eigenvalue weighted by atomic mass is 10.0. The lowest BCUT2D eigenvalue weighted by molar-refractivity contribution is -0.131. The summed E-state index contributed by atoms with van der Waals surface area (Å²) in [6, 6.07) is 55.4. The molecule has 646 valence electrons. The minimum absolute atomic E-state index is 0. The Labute approximate surface area is 712 Å². The van der Waals surface area contributed by atoms with Crippen LogP contribution in [-0.4, -0.2) is 192 Å². The van der Waals surface area contributed by atoms with Crippen LogP contribution in [0, 0.1) is 20.8 Å². The number of furan rings is 1. The summed E-state index contributed by atoms with van der Waals surface area (Å²) >= 11 is 5.94. The molecule has 4 aliphatic heterocycles. The van der Waals surface area contributed by atoms with E-state index < -0.39 is 0 Å². The second kappa shape index (κ2) is 49.9. The molecule has 119 heavy (non-hydrogen) atoms. The molecule has 0 saturated carbocycles. The first-order chi connectivity index (χ1) is 55.5. The lowest BCUT2D eigenvalue weighted by Gasteiger charge is -2.38.